The van der Waals surface area contributed by atoms with Crippen LogP contribution in [0.1, 0.15) is 33.6 Å². The Hall–Kier alpha value is -1.07. The molecule has 2 N–H and O–H groups in total. The third kappa shape index (κ3) is 3.94. The zero-order valence-electron chi connectivity index (χ0n) is 12.3. The molecule has 0 amide bonds. The summed E-state index contributed by atoms with van der Waals surface area (Å²) < 4.78 is 19.6. The molecule has 0 spiro atoms. The molecule has 0 bridgehead atoms. The molecule has 1 aromatic carbocycles. The standard InChI is InChI=1S/C14H25N3OS/c1-5-6-10-16-19(18,17(4)12(2)3)14-9-7-8-13(15)11-14/h7-9,11-12H,5-6,10,15H2,1-4H3. The molecule has 0 saturated carbocycles. The van der Waals surface area contributed by atoms with Crippen molar-refractivity contribution in [1.82, 2.24) is 4.31 Å². The van der Waals surface area contributed by atoms with E-state index in [1.807, 2.05) is 37.3 Å². The van der Waals surface area contributed by atoms with Crippen LogP contribution in [0.2, 0.25) is 0 Å². The first kappa shape index (κ1) is 16.0. The lowest BCUT2D eigenvalue weighted by Crippen LogP contribution is -2.33. The van der Waals surface area contributed by atoms with Crippen molar-refractivity contribution in [2.45, 2.75) is 44.6 Å². The molecule has 0 saturated heterocycles. The van der Waals surface area contributed by atoms with Crippen molar-refractivity contribution in [3.8, 4) is 0 Å². The fourth-order valence-electron chi connectivity index (χ4n) is 1.64. The number of hydrogen-bond donors (Lipinski definition) is 1. The van der Waals surface area contributed by atoms with Crippen LogP contribution < -0.4 is 5.73 Å². The second-order valence-electron chi connectivity index (χ2n) is 4.92. The predicted octanol–water partition coefficient (Wildman–Crippen LogP) is 3.15. The molecule has 0 heterocycles. The Morgan fingerprint density at radius 2 is 2.11 bits per heavy atom. The van der Waals surface area contributed by atoms with E-state index >= 15 is 0 Å². The summed E-state index contributed by atoms with van der Waals surface area (Å²) in [5, 5.41) is 0. The summed E-state index contributed by atoms with van der Waals surface area (Å²) >= 11 is 0. The highest BCUT2D eigenvalue weighted by atomic mass is 32.2. The van der Waals surface area contributed by atoms with Crippen molar-refractivity contribution in [2.75, 3.05) is 19.3 Å². The molecular formula is C14H25N3OS. The topological polar surface area (TPSA) is 58.7 Å². The van der Waals surface area contributed by atoms with E-state index in [0.29, 0.717) is 17.1 Å². The second kappa shape index (κ2) is 6.91. The van der Waals surface area contributed by atoms with Gasteiger partial charge in [0.2, 0.25) is 0 Å². The smallest absolute Gasteiger partial charge is 0.139 e. The molecule has 1 aromatic rings. The molecule has 0 aliphatic rings. The Balaban J connectivity index is 3.27. The van der Waals surface area contributed by atoms with E-state index < -0.39 is 9.92 Å². The Morgan fingerprint density at radius 3 is 2.63 bits per heavy atom. The molecular weight excluding hydrogens is 258 g/mol. The SMILES string of the molecule is CCCCN=S(=O)(c1cccc(N)c1)N(C)C(C)C. The third-order valence-corrected chi connectivity index (χ3v) is 5.66. The van der Waals surface area contributed by atoms with Gasteiger partial charge in [-0.05, 0) is 38.5 Å². The molecule has 5 heteroatoms. The van der Waals surface area contributed by atoms with Crippen LogP contribution in [0.25, 0.3) is 0 Å². The first-order valence-corrected chi connectivity index (χ1v) is 8.20. The van der Waals surface area contributed by atoms with E-state index in [9.17, 15) is 4.21 Å². The maximum Gasteiger partial charge on any atom is 0.139 e. The third-order valence-electron chi connectivity index (χ3n) is 3.06. The maximum absolute atomic E-state index is 13.3. The quantitative estimate of drug-likeness (QED) is 0.644. The fraction of sp³-hybridized carbons (Fsp3) is 0.571. The first-order valence-electron chi connectivity index (χ1n) is 6.73. The lowest BCUT2D eigenvalue weighted by Gasteiger charge is -2.25. The first-order chi connectivity index (χ1) is 8.91. The van der Waals surface area contributed by atoms with Crippen molar-refractivity contribution in [3.05, 3.63) is 24.3 Å². The predicted molar refractivity (Wildman–Crippen MR) is 82.4 cm³/mol. The van der Waals surface area contributed by atoms with Crippen LogP contribution in [0.15, 0.2) is 33.5 Å². The van der Waals surface area contributed by atoms with Crippen LogP contribution in [-0.2, 0) is 9.92 Å². The van der Waals surface area contributed by atoms with E-state index in [1.54, 1.807) is 12.1 Å². The Labute approximate surface area is 117 Å². The molecule has 0 aliphatic heterocycles. The number of nitrogens with two attached hydrogens (primary N) is 1. The Morgan fingerprint density at radius 1 is 1.42 bits per heavy atom. The zero-order valence-corrected chi connectivity index (χ0v) is 13.1. The van der Waals surface area contributed by atoms with Gasteiger partial charge in [0.05, 0.1) is 4.90 Å². The number of rotatable bonds is 6. The van der Waals surface area contributed by atoms with Crippen molar-refractivity contribution < 1.29 is 4.21 Å². The van der Waals surface area contributed by atoms with Crippen molar-refractivity contribution in [1.29, 1.82) is 0 Å². The van der Waals surface area contributed by atoms with Crippen molar-refractivity contribution in [2.24, 2.45) is 4.36 Å². The summed E-state index contributed by atoms with van der Waals surface area (Å²) in [5.41, 5.74) is 6.42. The van der Waals surface area contributed by atoms with Gasteiger partial charge in [-0.3, -0.25) is 0 Å². The fourth-order valence-corrected chi connectivity index (χ4v) is 3.80. The normalized spacial score (nSPS) is 14.6. The molecule has 0 aromatic heterocycles. The van der Waals surface area contributed by atoms with Gasteiger partial charge in [-0.25, -0.2) is 12.9 Å². The van der Waals surface area contributed by atoms with Crippen LogP contribution in [-0.4, -0.2) is 28.1 Å². The van der Waals surface area contributed by atoms with Gasteiger partial charge < -0.3 is 5.73 Å². The zero-order chi connectivity index (χ0) is 14.5. The minimum atomic E-state index is -2.56. The highest BCUT2D eigenvalue weighted by molar-refractivity contribution is 7.91. The van der Waals surface area contributed by atoms with E-state index in [0.717, 1.165) is 12.8 Å². The van der Waals surface area contributed by atoms with E-state index in [1.165, 1.54) is 0 Å². The number of anilines is 1. The minimum Gasteiger partial charge on any atom is -0.399 e. The molecule has 1 rings (SSSR count). The van der Waals surface area contributed by atoms with Crippen LogP contribution in [0.5, 0.6) is 0 Å². The lowest BCUT2D eigenvalue weighted by molar-refractivity contribution is 0.436. The number of hydrogen-bond acceptors (Lipinski definition) is 3. The summed E-state index contributed by atoms with van der Waals surface area (Å²) in [7, 11) is -0.709. The average molecular weight is 283 g/mol. The molecule has 108 valence electrons. The number of nitrogens with zero attached hydrogens (tertiary/aromatic N) is 2. The Bertz CT molecular complexity index is 519. The monoisotopic (exact) mass is 283 g/mol. The van der Waals surface area contributed by atoms with Crippen LogP contribution in [0.3, 0.4) is 0 Å². The summed E-state index contributed by atoms with van der Waals surface area (Å²) in [6, 6.07) is 7.38. The minimum absolute atomic E-state index is 0.152. The van der Waals surface area contributed by atoms with Crippen LogP contribution in [0, 0.1) is 0 Å². The van der Waals surface area contributed by atoms with Gasteiger partial charge in [0, 0.05) is 25.3 Å². The molecule has 0 fully saturated rings. The Kier molecular flexibility index (Phi) is 5.82. The van der Waals surface area contributed by atoms with Crippen molar-refractivity contribution in [3.63, 3.8) is 0 Å². The number of unbranched alkanes of at least 4 members (excludes halogenated alkanes) is 1. The summed E-state index contributed by atoms with van der Waals surface area (Å²) in [6.07, 6.45) is 1.99. The van der Waals surface area contributed by atoms with Crippen LogP contribution in [0.4, 0.5) is 5.69 Å². The highest BCUT2D eigenvalue weighted by Crippen LogP contribution is 2.21. The van der Waals surface area contributed by atoms with Gasteiger partial charge in [0.15, 0.2) is 0 Å². The van der Waals surface area contributed by atoms with Gasteiger partial charge in [-0.15, -0.1) is 0 Å². The molecule has 19 heavy (non-hydrogen) atoms. The summed E-state index contributed by atoms with van der Waals surface area (Å²) in [6.45, 7) is 6.74. The number of benzene rings is 1. The molecule has 1 unspecified atom stereocenters. The highest BCUT2D eigenvalue weighted by Gasteiger charge is 2.21. The molecule has 4 nitrogen and oxygen atoms in total. The molecule has 0 aliphatic carbocycles. The van der Waals surface area contributed by atoms with Gasteiger partial charge in [0.1, 0.15) is 9.92 Å². The van der Waals surface area contributed by atoms with E-state index in [4.69, 9.17) is 5.73 Å². The average Bonchev–Trinajstić information content (AvgIpc) is 2.37. The molecule has 1 atom stereocenters. The second-order valence-corrected chi connectivity index (χ2v) is 7.21. The molecule has 0 radical (unpaired) electrons. The van der Waals surface area contributed by atoms with E-state index in [-0.39, 0.29) is 6.04 Å². The number of nitrogen functional groups attached to an aromatic ring is 1. The largest absolute Gasteiger partial charge is 0.399 e. The lowest BCUT2D eigenvalue weighted by atomic mass is 10.3. The van der Waals surface area contributed by atoms with Crippen molar-refractivity contribution >= 4 is 15.6 Å². The summed E-state index contributed by atoms with van der Waals surface area (Å²) in [4.78, 5) is 0.694. The van der Waals surface area contributed by atoms with E-state index in [2.05, 4.69) is 11.3 Å². The maximum atomic E-state index is 13.3. The van der Waals surface area contributed by atoms with Crippen LogP contribution >= 0.6 is 0 Å². The van der Waals surface area contributed by atoms with Gasteiger partial charge in [-0.1, -0.05) is 19.4 Å². The van der Waals surface area contributed by atoms with Gasteiger partial charge >= 0.3 is 0 Å². The summed E-state index contributed by atoms with van der Waals surface area (Å²) in [5.74, 6) is 0. The van der Waals surface area contributed by atoms with Gasteiger partial charge in [0.25, 0.3) is 0 Å². The van der Waals surface area contributed by atoms with Gasteiger partial charge in [-0.2, -0.15) is 0 Å².